The van der Waals surface area contributed by atoms with Gasteiger partial charge in [-0.1, -0.05) is 12.8 Å². The lowest BCUT2D eigenvalue weighted by Crippen LogP contribution is -2.03. The normalized spacial score (nSPS) is 15.8. The van der Waals surface area contributed by atoms with Crippen molar-refractivity contribution < 1.29 is 9.53 Å². The Hall–Kier alpha value is -1.16. The lowest BCUT2D eigenvalue weighted by Gasteiger charge is -2.11. The van der Waals surface area contributed by atoms with Crippen molar-refractivity contribution in [1.29, 1.82) is 0 Å². The summed E-state index contributed by atoms with van der Waals surface area (Å²) in [6.45, 7) is 0. The molecule has 2 N–H and O–H groups in total. The third kappa shape index (κ3) is 3.19. The topological polar surface area (TPSA) is 52.3 Å². The zero-order valence-corrected chi connectivity index (χ0v) is 11.5. The molecule has 1 aromatic carbocycles. The molecular formula is C14H19NO2S. The van der Waals surface area contributed by atoms with Crippen LogP contribution in [-0.4, -0.2) is 18.8 Å². The van der Waals surface area contributed by atoms with Gasteiger partial charge in [0.2, 0.25) is 0 Å². The number of nitrogens with two attached hydrogens (primary N) is 1. The maximum atomic E-state index is 11.5. The molecule has 0 aromatic heterocycles. The van der Waals surface area contributed by atoms with E-state index in [0.29, 0.717) is 5.56 Å². The minimum atomic E-state index is -0.308. The SMILES string of the molecule is COC(=O)c1ccc(N)c(SCC2CCCC2)c1. The Morgan fingerprint density at radius 2 is 2.17 bits per heavy atom. The van der Waals surface area contributed by atoms with Crippen molar-refractivity contribution in [2.45, 2.75) is 30.6 Å². The van der Waals surface area contributed by atoms with E-state index >= 15 is 0 Å². The molecule has 0 spiro atoms. The zero-order valence-electron chi connectivity index (χ0n) is 10.6. The smallest absolute Gasteiger partial charge is 0.337 e. The van der Waals surface area contributed by atoms with Gasteiger partial charge in [-0.2, -0.15) is 0 Å². The van der Waals surface area contributed by atoms with Gasteiger partial charge in [-0.25, -0.2) is 4.79 Å². The summed E-state index contributed by atoms with van der Waals surface area (Å²) in [7, 11) is 1.39. The molecule has 4 heteroatoms. The molecule has 3 nitrogen and oxygen atoms in total. The van der Waals surface area contributed by atoms with Crippen molar-refractivity contribution in [2.24, 2.45) is 5.92 Å². The molecule has 1 aliphatic carbocycles. The first-order valence-corrected chi connectivity index (χ1v) is 7.30. The summed E-state index contributed by atoms with van der Waals surface area (Å²) in [5.41, 5.74) is 7.25. The van der Waals surface area contributed by atoms with Crippen molar-refractivity contribution in [1.82, 2.24) is 0 Å². The van der Waals surface area contributed by atoms with E-state index in [1.54, 1.807) is 23.9 Å². The maximum Gasteiger partial charge on any atom is 0.337 e. The summed E-state index contributed by atoms with van der Waals surface area (Å²) in [4.78, 5) is 12.5. The molecule has 0 amide bonds. The van der Waals surface area contributed by atoms with E-state index in [-0.39, 0.29) is 5.97 Å². The highest BCUT2D eigenvalue weighted by Crippen LogP contribution is 2.33. The summed E-state index contributed by atoms with van der Waals surface area (Å²) >= 11 is 1.75. The summed E-state index contributed by atoms with van der Waals surface area (Å²) < 4.78 is 4.72. The van der Waals surface area contributed by atoms with Crippen LogP contribution in [0.5, 0.6) is 0 Å². The van der Waals surface area contributed by atoms with Crippen LogP contribution >= 0.6 is 11.8 Å². The van der Waals surface area contributed by atoms with Gasteiger partial charge < -0.3 is 10.5 Å². The first-order chi connectivity index (χ1) is 8.70. The monoisotopic (exact) mass is 265 g/mol. The molecule has 0 heterocycles. The predicted octanol–water partition coefficient (Wildman–Crippen LogP) is 3.34. The molecule has 2 rings (SSSR count). The van der Waals surface area contributed by atoms with Gasteiger partial charge in [0.1, 0.15) is 0 Å². The highest BCUT2D eigenvalue weighted by molar-refractivity contribution is 7.99. The number of benzene rings is 1. The van der Waals surface area contributed by atoms with Crippen molar-refractivity contribution in [2.75, 3.05) is 18.6 Å². The fourth-order valence-electron chi connectivity index (χ4n) is 2.29. The van der Waals surface area contributed by atoms with Crippen LogP contribution in [-0.2, 0) is 4.74 Å². The Balaban J connectivity index is 2.03. The van der Waals surface area contributed by atoms with Crippen molar-refractivity contribution >= 4 is 23.4 Å². The second kappa shape index (κ2) is 6.14. The van der Waals surface area contributed by atoms with Crippen LogP contribution in [0.3, 0.4) is 0 Å². The van der Waals surface area contributed by atoms with Crippen LogP contribution < -0.4 is 5.73 Å². The molecule has 1 saturated carbocycles. The molecule has 18 heavy (non-hydrogen) atoms. The van der Waals surface area contributed by atoms with E-state index < -0.39 is 0 Å². The Morgan fingerprint density at radius 1 is 1.44 bits per heavy atom. The highest BCUT2D eigenvalue weighted by atomic mass is 32.2. The minimum Gasteiger partial charge on any atom is -0.465 e. The minimum absolute atomic E-state index is 0.308. The number of esters is 1. The van der Waals surface area contributed by atoms with E-state index in [2.05, 4.69) is 0 Å². The first-order valence-electron chi connectivity index (χ1n) is 6.31. The average Bonchev–Trinajstić information content (AvgIpc) is 2.90. The molecule has 0 saturated heterocycles. The number of carbonyl (C=O) groups excluding carboxylic acids is 1. The molecule has 0 bridgehead atoms. The first kappa shape index (κ1) is 13.3. The second-order valence-corrected chi connectivity index (χ2v) is 5.77. The van der Waals surface area contributed by atoms with Crippen LogP contribution in [0.15, 0.2) is 23.1 Å². The fraction of sp³-hybridized carbons (Fsp3) is 0.500. The molecular weight excluding hydrogens is 246 g/mol. The summed E-state index contributed by atoms with van der Waals surface area (Å²) in [5.74, 6) is 1.59. The van der Waals surface area contributed by atoms with E-state index in [1.807, 2.05) is 6.07 Å². The molecule has 0 unspecified atom stereocenters. The van der Waals surface area contributed by atoms with E-state index in [4.69, 9.17) is 10.5 Å². The Kier molecular flexibility index (Phi) is 4.53. The third-order valence-corrected chi connectivity index (χ3v) is 4.69. The lowest BCUT2D eigenvalue weighted by molar-refractivity contribution is 0.0600. The lowest BCUT2D eigenvalue weighted by atomic mass is 10.1. The average molecular weight is 265 g/mol. The van der Waals surface area contributed by atoms with Gasteiger partial charge in [-0.15, -0.1) is 11.8 Å². The predicted molar refractivity (Wildman–Crippen MR) is 74.9 cm³/mol. The zero-order chi connectivity index (χ0) is 13.0. The Bertz CT molecular complexity index is 428. The highest BCUT2D eigenvalue weighted by Gasteiger charge is 2.16. The molecule has 98 valence electrons. The van der Waals surface area contributed by atoms with Crippen LogP contribution in [0.25, 0.3) is 0 Å². The molecule has 0 aliphatic heterocycles. The number of rotatable bonds is 4. The Labute approximate surface area is 112 Å². The van der Waals surface area contributed by atoms with E-state index in [1.165, 1.54) is 32.8 Å². The Morgan fingerprint density at radius 3 is 2.83 bits per heavy atom. The molecule has 1 fully saturated rings. The van der Waals surface area contributed by atoms with Crippen LogP contribution in [0.2, 0.25) is 0 Å². The van der Waals surface area contributed by atoms with Gasteiger partial charge in [0.15, 0.2) is 0 Å². The van der Waals surface area contributed by atoms with Gasteiger partial charge in [0, 0.05) is 16.3 Å². The van der Waals surface area contributed by atoms with Crippen LogP contribution in [0, 0.1) is 5.92 Å². The number of anilines is 1. The number of carbonyl (C=O) groups is 1. The van der Waals surface area contributed by atoms with Gasteiger partial charge in [0.05, 0.1) is 12.7 Å². The number of ether oxygens (including phenoxy) is 1. The van der Waals surface area contributed by atoms with Gasteiger partial charge in [0.25, 0.3) is 0 Å². The summed E-state index contributed by atoms with van der Waals surface area (Å²) in [6.07, 6.45) is 5.35. The van der Waals surface area contributed by atoms with Crippen molar-refractivity contribution in [3.8, 4) is 0 Å². The molecule has 1 aromatic rings. The fourth-order valence-corrected chi connectivity index (χ4v) is 3.48. The number of nitrogen functional groups attached to an aromatic ring is 1. The van der Waals surface area contributed by atoms with Gasteiger partial charge in [-0.05, 0) is 37.0 Å². The molecule has 0 atom stereocenters. The standard InChI is InChI=1S/C14H19NO2S/c1-17-14(16)11-6-7-12(15)13(8-11)18-9-10-4-2-3-5-10/h6-8,10H,2-5,9,15H2,1H3. The maximum absolute atomic E-state index is 11.5. The number of hydrogen-bond acceptors (Lipinski definition) is 4. The van der Waals surface area contributed by atoms with E-state index in [0.717, 1.165) is 22.3 Å². The third-order valence-electron chi connectivity index (χ3n) is 3.38. The molecule has 0 radical (unpaired) electrons. The van der Waals surface area contributed by atoms with Gasteiger partial charge in [-0.3, -0.25) is 0 Å². The quantitative estimate of drug-likeness (QED) is 0.515. The van der Waals surface area contributed by atoms with Crippen molar-refractivity contribution in [3.63, 3.8) is 0 Å². The number of methoxy groups -OCH3 is 1. The molecule has 1 aliphatic rings. The van der Waals surface area contributed by atoms with E-state index in [9.17, 15) is 4.79 Å². The second-order valence-electron chi connectivity index (χ2n) is 4.71. The van der Waals surface area contributed by atoms with Crippen LogP contribution in [0.1, 0.15) is 36.0 Å². The van der Waals surface area contributed by atoms with Gasteiger partial charge >= 0.3 is 5.97 Å². The summed E-state index contributed by atoms with van der Waals surface area (Å²) in [6, 6.07) is 5.32. The van der Waals surface area contributed by atoms with Crippen molar-refractivity contribution in [3.05, 3.63) is 23.8 Å². The van der Waals surface area contributed by atoms with Crippen LogP contribution in [0.4, 0.5) is 5.69 Å². The largest absolute Gasteiger partial charge is 0.465 e. The summed E-state index contributed by atoms with van der Waals surface area (Å²) in [5, 5.41) is 0. The number of hydrogen-bond donors (Lipinski definition) is 1. The number of thioether (sulfide) groups is 1.